The number of nitrogens with one attached hydrogen (secondary N) is 1. The van der Waals surface area contributed by atoms with Gasteiger partial charge in [-0.05, 0) is 55.5 Å². The van der Waals surface area contributed by atoms with Crippen molar-refractivity contribution in [2.75, 3.05) is 18.0 Å². The average Bonchev–Trinajstić information content (AvgIpc) is 2.78. The largest absolute Gasteiger partial charge is 0.346 e. The molecule has 1 amide bonds. The minimum atomic E-state index is -0.0969. The molecule has 5 nitrogen and oxygen atoms in total. The van der Waals surface area contributed by atoms with Crippen molar-refractivity contribution in [2.24, 2.45) is 0 Å². The van der Waals surface area contributed by atoms with Gasteiger partial charge in [0.05, 0.1) is 12.2 Å². The van der Waals surface area contributed by atoms with E-state index in [4.69, 9.17) is 0 Å². The lowest BCUT2D eigenvalue weighted by atomic mass is 10.0. The van der Waals surface area contributed by atoms with E-state index in [1.165, 1.54) is 19.3 Å². The first kappa shape index (κ1) is 19.1. The molecule has 4 rings (SSSR count). The van der Waals surface area contributed by atoms with Gasteiger partial charge in [0.15, 0.2) is 0 Å². The van der Waals surface area contributed by atoms with Gasteiger partial charge in [-0.25, -0.2) is 9.97 Å². The molecule has 29 heavy (non-hydrogen) atoms. The molecule has 2 heterocycles. The van der Waals surface area contributed by atoms with Gasteiger partial charge < -0.3 is 10.2 Å². The first-order valence-electron chi connectivity index (χ1n) is 10.2. The van der Waals surface area contributed by atoms with Crippen LogP contribution in [-0.4, -0.2) is 29.0 Å². The summed E-state index contributed by atoms with van der Waals surface area (Å²) in [6.45, 7) is 4.37. The van der Waals surface area contributed by atoms with Crippen molar-refractivity contribution in [1.82, 2.24) is 15.3 Å². The fourth-order valence-electron chi connectivity index (χ4n) is 3.66. The quantitative estimate of drug-likeness (QED) is 0.707. The molecule has 3 aromatic rings. The topological polar surface area (TPSA) is 58.1 Å². The Bertz CT molecular complexity index is 964. The van der Waals surface area contributed by atoms with Crippen LogP contribution in [0.25, 0.3) is 11.1 Å². The number of aromatic nitrogens is 2. The van der Waals surface area contributed by atoms with Gasteiger partial charge in [0.2, 0.25) is 5.95 Å². The highest BCUT2D eigenvalue weighted by Crippen LogP contribution is 2.19. The van der Waals surface area contributed by atoms with Crippen molar-refractivity contribution in [3.63, 3.8) is 0 Å². The second-order valence-corrected chi connectivity index (χ2v) is 7.47. The van der Waals surface area contributed by atoms with E-state index in [0.29, 0.717) is 12.1 Å². The van der Waals surface area contributed by atoms with Crippen LogP contribution in [-0.2, 0) is 6.54 Å². The number of nitrogens with zero attached hydrogens (tertiary/aromatic N) is 3. The summed E-state index contributed by atoms with van der Waals surface area (Å²) in [6.07, 6.45) is 3.64. The fraction of sp³-hybridized carbons (Fsp3) is 0.292. The lowest BCUT2D eigenvalue weighted by molar-refractivity contribution is 0.0950. The normalized spacial score (nSPS) is 13.9. The van der Waals surface area contributed by atoms with Crippen LogP contribution in [0.3, 0.4) is 0 Å². The molecule has 1 aliphatic rings. The zero-order valence-electron chi connectivity index (χ0n) is 16.8. The lowest BCUT2D eigenvalue weighted by Crippen LogP contribution is -2.31. The Kier molecular flexibility index (Phi) is 5.84. The average molecular weight is 386 g/mol. The van der Waals surface area contributed by atoms with Crippen LogP contribution in [0.4, 0.5) is 5.95 Å². The first-order chi connectivity index (χ1) is 14.2. The van der Waals surface area contributed by atoms with Gasteiger partial charge in [0.25, 0.3) is 5.91 Å². The second kappa shape index (κ2) is 8.86. The third-order valence-electron chi connectivity index (χ3n) is 5.22. The Hall–Kier alpha value is -3.21. The van der Waals surface area contributed by atoms with Crippen molar-refractivity contribution < 1.29 is 4.79 Å². The maximum Gasteiger partial charge on any atom is 0.251 e. The Labute approximate surface area is 171 Å². The Morgan fingerprint density at radius 1 is 0.931 bits per heavy atom. The predicted molar refractivity (Wildman–Crippen MR) is 116 cm³/mol. The minimum absolute atomic E-state index is 0.0969. The highest BCUT2D eigenvalue weighted by Gasteiger charge is 2.15. The first-order valence-corrected chi connectivity index (χ1v) is 10.2. The van der Waals surface area contributed by atoms with Crippen LogP contribution in [0, 0.1) is 6.92 Å². The number of anilines is 1. The standard InChI is InChI=1S/C24H26N4O/c1-18-16-22(27-24(26-18)28-14-6-3-7-15-28)17-25-23(29)21-12-10-20(11-13-21)19-8-4-2-5-9-19/h2,4-5,8-13,16H,3,6-7,14-15,17H2,1H3,(H,25,29). The van der Waals surface area contributed by atoms with Crippen molar-refractivity contribution >= 4 is 11.9 Å². The van der Waals surface area contributed by atoms with Crippen LogP contribution in [0.1, 0.15) is 41.0 Å². The third-order valence-corrected chi connectivity index (χ3v) is 5.22. The number of amides is 1. The van der Waals surface area contributed by atoms with Crippen molar-refractivity contribution in [2.45, 2.75) is 32.7 Å². The number of rotatable bonds is 5. The van der Waals surface area contributed by atoms with Crippen molar-refractivity contribution in [3.8, 4) is 11.1 Å². The summed E-state index contributed by atoms with van der Waals surface area (Å²) in [6, 6.07) is 19.8. The zero-order valence-corrected chi connectivity index (χ0v) is 16.8. The number of carbonyl (C=O) groups excluding carboxylic acids is 1. The minimum Gasteiger partial charge on any atom is -0.346 e. The molecule has 0 spiro atoms. The van der Waals surface area contributed by atoms with E-state index in [0.717, 1.165) is 41.6 Å². The molecule has 0 unspecified atom stereocenters. The van der Waals surface area contributed by atoms with Crippen LogP contribution in [0.5, 0.6) is 0 Å². The van der Waals surface area contributed by atoms with Gasteiger partial charge in [-0.2, -0.15) is 0 Å². The zero-order chi connectivity index (χ0) is 20.1. The third kappa shape index (κ3) is 4.80. The number of aryl methyl sites for hydroxylation is 1. The molecule has 1 N–H and O–H groups in total. The van der Waals surface area contributed by atoms with Crippen LogP contribution < -0.4 is 10.2 Å². The van der Waals surface area contributed by atoms with E-state index in [9.17, 15) is 4.79 Å². The van der Waals surface area contributed by atoms with E-state index < -0.39 is 0 Å². The Morgan fingerprint density at radius 3 is 2.34 bits per heavy atom. The van der Waals surface area contributed by atoms with E-state index in [-0.39, 0.29) is 5.91 Å². The van der Waals surface area contributed by atoms with Crippen molar-refractivity contribution in [1.29, 1.82) is 0 Å². The molecule has 2 aromatic carbocycles. The molecular formula is C24H26N4O. The van der Waals surface area contributed by atoms with Gasteiger partial charge >= 0.3 is 0 Å². The van der Waals surface area contributed by atoms with E-state index in [2.05, 4.69) is 32.3 Å². The second-order valence-electron chi connectivity index (χ2n) is 7.47. The fourth-order valence-corrected chi connectivity index (χ4v) is 3.66. The summed E-state index contributed by atoms with van der Waals surface area (Å²) in [5.74, 6) is 0.682. The maximum absolute atomic E-state index is 12.6. The van der Waals surface area contributed by atoms with Crippen LogP contribution in [0.2, 0.25) is 0 Å². The number of piperidine rings is 1. The monoisotopic (exact) mass is 386 g/mol. The van der Waals surface area contributed by atoms with E-state index in [1.807, 2.05) is 55.5 Å². The van der Waals surface area contributed by atoms with Crippen LogP contribution in [0.15, 0.2) is 60.7 Å². The molecule has 0 aliphatic carbocycles. The van der Waals surface area contributed by atoms with Crippen molar-refractivity contribution in [3.05, 3.63) is 77.6 Å². The lowest BCUT2D eigenvalue weighted by Gasteiger charge is -2.27. The molecule has 0 bridgehead atoms. The number of benzene rings is 2. The molecule has 0 radical (unpaired) electrons. The number of carbonyl (C=O) groups is 1. The van der Waals surface area contributed by atoms with Gasteiger partial charge in [-0.3, -0.25) is 4.79 Å². The Morgan fingerprint density at radius 2 is 1.62 bits per heavy atom. The van der Waals surface area contributed by atoms with Gasteiger partial charge in [0.1, 0.15) is 0 Å². The summed E-state index contributed by atoms with van der Waals surface area (Å²) in [5, 5.41) is 2.98. The molecule has 5 heteroatoms. The highest BCUT2D eigenvalue weighted by molar-refractivity contribution is 5.94. The number of hydrogen-bond donors (Lipinski definition) is 1. The molecule has 0 saturated carbocycles. The van der Waals surface area contributed by atoms with Gasteiger partial charge in [-0.1, -0.05) is 42.5 Å². The van der Waals surface area contributed by atoms with Crippen LogP contribution >= 0.6 is 0 Å². The molecule has 1 aromatic heterocycles. The molecule has 1 saturated heterocycles. The molecule has 1 fully saturated rings. The molecule has 1 aliphatic heterocycles. The summed E-state index contributed by atoms with van der Waals surface area (Å²) in [5.41, 5.74) is 4.65. The summed E-state index contributed by atoms with van der Waals surface area (Å²) < 4.78 is 0. The molecule has 0 atom stereocenters. The SMILES string of the molecule is Cc1cc(CNC(=O)c2ccc(-c3ccccc3)cc2)nc(N2CCCCC2)n1. The highest BCUT2D eigenvalue weighted by atomic mass is 16.1. The predicted octanol–water partition coefficient (Wildman–Crippen LogP) is 4.37. The summed E-state index contributed by atoms with van der Waals surface area (Å²) in [7, 11) is 0. The van der Waals surface area contributed by atoms with E-state index in [1.54, 1.807) is 0 Å². The van der Waals surface area contributed by atoms with E-state index >= 15 is 0 Å². The molecule has 148 valence electrons. The summed E-state index contributed by atoms with van der Waals surface area (Å²) >= 11 is 0. The maximum atomic E-state index is 12.6. The Balaban J connectivity index is 1.41. The summed E-state index contributed by atoms with van der Waals surface area (Å²) in [4.78, 5) is 24.1. The van der Waals surface area contributed by atoms with Gasteiger partial charge in [-0.15, -0.1) is 0 Å². The van der Waals surface area contributed by atoms with Gasteiger partial charge in [0, 0.05) is 24.3 Å². The smallest absolute Gasteiger partial charge is 0.251 e. The number of hydrogen-bond acceptors (Lipinski definition) is 4. The molecular weight excluding hydrogens is 360 g/mol.